The number of amides is 1. The Labute approximate surface area is 305 Å². The van der Waals surface area contributed by atoms with Crippen molar-refractivity contribution >= 4 is 25.3 Å². The summed E-state index contributed by atoms with van der Waals surface area (Å²) >= 11 is 0. The largest absolute Gasteiger partial charge is 0.487 e. The minimum absolute atomic E-state index is 0.0730. The molecule has 1 aliphatic heterocycles. The van der Waals surface area contributed by atoms with Crippen molar-refractivity contribution in [2.45, 2.75) is 97.4 Å². The van der Waals surface area contributed by atoms with Crippen molar-refractivity contribution in [1.29, 1.82) is 0 Å². The van der Waals surface area contributed by atoms with Crippen LogP contribution in [-0.4, -0.2) is 61.0 Å². The first-order valence-corrected chi connectivity index (χ1v) is 21.2. The van der Waals surface area contributed by atoms with Gasteiger partial charge < -0.3 is 23.8 Å². The number of aromatic amines is 1. The van der Waals surface area contributed by atoms with Crippen molar-refractivity contribution < 1.29 is 18.7 Å². The zero-order valence-electron chi connectivity index (χ0n) is 31.8. The lowest BCUT2D eigenvalue weighted by atomic mass is 9.95. The fourth-order valence-electron chi connectivity index (χ4n) is 6.35. The van der Waals surface area contributed by atoms with Gasteiger partial charge in [-0.1, -0.05) is 87.5 Å². The Kier molecular flexibility index (Phi) is 12.2. The lowest BCUT2D eigenvalue weighted by molar-refractivity contribution is 0.00927. The van der Waals surface area contributed by atoms with Crippen LogP contribution in [0, 0.1) is 5.92 Å². The zero-order chi connectivity index (χ0) is 36.8. The minimum Gasteiger partial charge on any atom is -0.487 e. The third-order valence-corrected chi connectivity index (χ3v) is 14.7. The molecule has 8 nitrogen and oxygen atoms in total. The van der Waals surface area contributed by atoms with E-state index in [9.17, 15) is 9.59 Å². The van der Waals surface area contributed by atoms with Gasteiger partial charge in [0.15, 0.2) is 8.32 Å². The number of fused-ring (bicyclic) bond motifs is 1. The summed E-state index contributed by atoms with van der Waals surface area (Å²) in [5.41, 5.74) is 3.03. The van der Waals surface area contributed by atoms with Crippen LogP contribution in [0.5, 0.6) is 5.75 Å². The molecule has 3 aromatic carbocycles. The molecule has 1 saturated heterocycles. The number of hydrogen-bond acceptors (Lipinski definition) is 6. The lowest BCUT2D eigenvalue weighted by Gasteiger charge is -2.42. The van der Waals surface area contributed by atoms with E-state index in [1.807, 2.05) is 74.2 Å². The molecule has 1 amide bonds. The number of benzene rings is 3. The Morgan fingerprint density at radius 1 is 0.882 bits per heavy atom. The molecule has 9 heteroatoms. The third kappa shape index (κ3) is 10.6. The van der Waals surface area contributed by atoms with Crippen molar-refractivity contribution in [3.8, 4) is 5.75 Å². The summed E-state index contributed by atoms with van der Waals surface area (Å²) < 4.78 is 19.5. The summed E-state index contributed by atoms with van der Waals surface area (Å²) in [5.74, 6) is 0.924. The van der Waals surface area contributed by atoms with Crippen LogP contribution in [0.2, 0.25) is 18.1 Å². The highest BCUT2D eigenvalue weighted by Gasteiger charge is 2.41. The smallest absolute Gasteiger partial charge is 0.410 e. The first-order valence-electron chi connectivity index (χ1n) is 18.3. The number of likely N-dealkylation sites (tertiary alicyclic amines) is 1. The van der Waals surface area contributed by atoms with E-state index in [1.54, 1.807) is 6.07 Å². The average molecular weight is 712 g/mol. The first-order chi connectivity index (χ1) is 24.1. The minimum atomic E-state index is -2.36. The van der Waals surface area contributed by atoms with Crippen LogP contribution < -0.4 is 10.3 Å². The van der Waals surface area contributed by atoms with Crippen molar-refractivity contribution in [2.75, 3.05) is 26.2 Å². The first kappa shape index (κ1) is 38.3. The number of carbonyl (C=O) groups excluding carboxylic acids is 1. The molecule has 4 aromatic rings. The fourth-order valence-corrected chi connectivity index (χ4v) is 7.61. The SMILES string of the molecule is CC(C)(C)OC(=O)N(CC1CCN(Cc2ccccc2)CC1)C[C@H](O[Si](C)(C)C(C)(C)C)c1ccc(OCc2ccccc2)c2[nH]c(=O)ccc12. The Morgan fingerprint density at radius 2 is 1.51 bits per heavy atom. The third-order valence-electron chi connectivity index (χ3n) is 10.2. The van der Waals surface area contributed by atoms with Gasteiger partial charge in [-0.3, -0.25) is 9.69 Å². The Balaban J connectivity index is 1.46. The molecule has 0 saturated carbocycles. The van der Waals surface area contributed by atoms with E-state index in [0.717, 1.165) is 49.0 Å². The van der Waals surface area contributed by atoms with Gasteiger partial charge in [0.1, 0.15) is 18.0 Å². The second-order valence-electron chi connectivity index (χ2n) is 16.5. The monoisotopic (exact) mass is 711 g/mol. The molecule has 0 unspecified atom stereocenters. The van der Waals surface area contributed by atoms with Crippen molar-refractivity contribution in [2.24, 2.45) is 5.92 Å². The zero-order valence-corrected chi connectivity index (χ0v) is 32.8. The van der Waals surface area contributed by atoms with Crippen LogP contribution >= 0.6 is 0 Å². The summed E-state index contributed by atoms with van der Waals surface area (Å²) in [6, 6.07) is 27.9. The lowest BCUT2D eigenvalue weighted by Crippen LogP contribution is -2.47. The van der Waals surface area contributed by atoms with Crippen LogP contribution in [0.25, 0.3) is 10.9 Å². The molecular formula is C42H57N3O5Si. The highest BCUT2D eigenvalue weighted by Crippen LogP contribution is 2.42. The van der Waals surface area contributed by atoms with Gasteiger partial charge in [-0.15, -0.1) is 0 Å². The summed E-state index contributed by atoms with van der Waals surface area (Å²) in [4.78, 5) is 34.1. The number of pyridine rings is 1. The predicted octanol–water partition coefficient (Wildman–Crippen LogP) is 9.32. The van der Waals surface area contributed by atoms with Gasteiger partial charge in [0.2, 0.25) is 5.56 Å². The van der Waals surface area contributed by atoms with E-state index in [-0.39, 0.29) is 16.7 Å². The molecule has 1 fully saturated rings. The Morgan fingerprint density at radius 3 is 2.12 bits per heavy atom. The number of nitrogens with zero attached hydrogens (tertiary/aromatic N) is 2. The molecule has 274 valence electrons. The number of H-pyrrole nitrogens is 1. The van der Waals surface area contributed by atoms with E-state index < -0.39 is 20.0 Å². The molecule has 0 spiro atoms. The van der Waals surface area contributed by atoms with E-state index in [4.69, 9.17) is 13.9 Å². The fraction of sp³-hybridized carbons (Fsp3) is 0.476. The van der Waals surface area contributed by atoms with Crippen LogP contribution in [0.15, 0.2) is 89.7 Å². The van der Waals surface area contributed by atoms with Gasteiger partial charge in [-0.2, -0.15) is 0 Å². The predicted molar refractivity (Wildman–Crippen MR) is 209 cm³/mol. The molecule has 1 N–H and O–H groups in total. The highest BCUT2D eigenvalue weighted by molar-refractivity contribution is 6.74. The number of rotatable bonds is 12. The van der Waals surface area contributed by atoms with E-state index >= 15 is 0 Å². The van der Waals surface area contributed by atoms with Crippen LogP contribution in [0.4, 0.5) is 4.79 Å². The molecular weight excluding hydrogens is 655 g/mol. The summed E-state index contributed by atoms with van der Waals surface area (Å²) in [7, 11) is -2.36. The van der Waals surface area contributed by atoms with Gasteiger partial charge >= 0.3 is 6.09 Å². The Bertz CT molecular complexity index is 1790. The molecule has 51 heavy (non-hydrogen) atoms. The van der Waals surface area contributed by atoms with Gasteiger partial charge in [0.25, 0.3) is 0 Å². The molecule has 0 radical (unpaired) electrons. The number of hydrogen-bond donors (Lipinski definition) is 1. The van der Waals surface area contributed by atoms with Crippen LogP contribution in [0.1, 0.15) is 77.2 Å². The van der Waals surface area contributed by atoms with Gasteiger partial charge in [-0.05, 0) is 99.6 Å². The average Bonchev–Trinajstić information content (AvgIpc) is 3.07. The van der Waals surface area contributed by atoms with Gasteiger partial charge in [-0.25, -0.2) is 4.79 Å². The number of carbonyl (C=O) groups is 1. The number of nitrogens with one attached hydrogen (secondary N) is 1. The molecule has 1 atom stereocenters. The maximum Gasteiger partial charge on any atom is 0.410 e. The van der Waals surface area contributed by atoms with E-state index in [1.165, 1.54) is 5.56 Å². The maximum atomic E-state index is 14.0. The number of piperidine rings is 1. The summed E-state index contributed by atoms with van der Waals surface area (Å²) in [6.07, 6.45) is 1.20. The highest BCUT2D eigenvalue weighted by atomic mass is 28.4. The quantitative estimate of drug-likeness (QED) is 0.148. The van der Waals surface area contributed by atoms with E-state index in [0.29, 0.717) is 36.9 Å². The van der Waals surface area contributed by atoms with Crippen LogP contribution in [0.3, 0.4) is 0 Å². The summed E-state index contributed by atoms with van der Waals surface area (Å²) in [6.45, 7) is 21.0. The molecule has 0 bridgehead atoms. The summed E-state index contributed by atoms with van der Waals surface area (Å²) in [5, 5.41) is 0.762. The molecule has 1 aliphatic rings. The van der Waals surface area contributed by atoms with Crippen molar-refractivity contribution in [3.05, 3.63) is 112 Å². The van der Waals surface area contributed by atoms with Gasteiger partial charge in [0.05, 0.1) is 18.2 Å². The molecule has 1 aromatic heterocycles. The maximum absolute atomic E-state index is 14.0. The molecule has 2 heterocycles. The van der Waals surface area contributed by atoms with Gasteiger partial charge in [0, 0.05) is 24.5 Å². The van der Waals surface area contributed by atoms with E-state index in [2.05, 4.69) is 74.1 Å². The molecule has 5 rings (SSSR count). The topological polar surface area (TPSA) is 84.1 Å². The van der Waals surface area contributed by atoms with Crippen molar-refractivity contribution in [1.82, 2.24) is 14.8 Å². The number of aromatic nitrogens is 1. The Hall–Kier alpha value is -3.92. The second-order valence-corrected chi connectivity index (χ2v) is 21.3. The second kappa shape index (κ2) is 16.2. The standard InChI is InChI=1S/C42H57N3O5Si/c1-41(2,3)49-40(47)45(28-32-23-25-44(26-24-32)27-31-15-11-9-12-16-31)29-37(50-51(7,8)42(4,5)6)34-19-21-36(39-35(34)20-22-38(46)43-39)48-30-33-17-13-10-14-18-33/h9-22,32,37H,23-30H2,1-8H3,(H,43,46)/t37-/m0/s1. The van der Waals surface area contributed by atoms with Crippen LogP contribution in [-0.2, 0) is 22.3 Å². The van der Waals surface area contributed by atoms with Crippen molar-refractivity contribution in [3.63, 3.8) is 0 Å². The molecule has 0 aliphatic carbocycles. The number of ether oxygens (including phenoxy) is 2. The normalized spacial score (nSPS) is 15.5.